The predicted molar refractivity (Wildman–Crippen MR) is 107 cm³/mol. The zero-order chi connectivity index (χ0) is 20.5. The van der Waals surface area contributed by atoms with Crippen LogP contribution >= 0.6 is 0 Å². The molecule has 7 unspecified atom stereocenters. The molecule has 7 atom stereocenters. The summed E-state index contributed by atoms with van der Waals surface area (Å²) in [6.45, 7) is 7.38. The normalized spacial score (nSPS) is 39.0. The van der Waals surface area contributed by atoms with Gasteiger partial charge in [-0.2, -0.15) is 0 Å². The quantitative estimate of drug-likeness (QED) is 0.577. The van der Waals surface area contributed by atoms with Crippen molar-refractivity contribution in [1.82, 2.24) is 10.6 Å². The summed E-state index contributed by atoms with van der Waals surface area (Å²) in [6, 6.07) is 0.130. The number of aliphatic hydroxyl groups is 1. The molecule has 3 aliphatic carbocycles. The van der Waals surface area contributed by atoms with Crippen LogP contribution in [0.5, 0.6) is 0 Å². The van der Waals surface area contributed by atoms with E-state index in [1.165, 1.54) is 0 Å². The van der Waals surface area contributed by atoms with Crippen molar-refractivity contribution < 1.29 is 19.4 Å². The first-order valence-electron chi connectivity index (χ1n) is 11.0. The maximum absolute atomic E-state index is 12.5. The molecular weight excluding hydrogens is 356 g/mol. The fraction of sp³-hybridized carbons (Fsp3) is 0.909. The molecule has 3 rings (SSSR count). The van der Waals surface area contributed by atoms with E-state index in [4.69, 9.17) is 4.74 Å². The number of ether oxygens (including phenoxy) is 1. The summed E-state index contributed by atoms with van der Waals surface area (Å²) in [5, 5.41) is 17.5. The third-order valence-corrected chi connectivity index (χ3v) is 7.82. The van der Waals surface area contributed by atoms with E-state index in [1.54, 1.807) is 7.11 Å². The number of carbonyl (C=O) groups excluding carboxylic acids is 2. The topological polar surface area (TPSA) is 87.7 Å². The van der Waals surface area contributed by atoms with Gasteiger partial charge in [0.15, 0.2) is 0 Å². The Bertz CT molecular complexity index is 579. The number of amides is 2. The van der Waals surface area contributed by atoms with Gasteiger partial charge in [-0.05, 0) is 61.7 Å². The third kappa shape index (κ3) is 4.38. The number of carbonyl (C=O) groups is 2. The third-order valence-electron chi connectivity index (χ3n) is 7.82. The van der Waals surface area contributed by atoms with Crippen LogP contribution < -0.4 is 10.6 Å². The number of aliphatic hydroxyl groups excluding tert-OH is 1. The SMILES string of the molecule is COCCNC(=O)C(C)C1CCC2(C)CCC(NC(=O)C3CC3)C(C)C2C1O. The van der Waals surface area contributed by atoms with E-state index in [9.17, 15) is 14.7 Å². The first-order valence-corrected chi connectivity index (χ1v) is 11.0. The molecule has 28 heavy (non-hydrogen) atoms. The largest absolute Gasteiger partial charge is 0.392 e. The minimum Gasteiger partial charge on any atom is -0.392 e. The van der Waals surface area contributed by atoms with Gasteiger partial charge in [0.25, 0.3) is 0 Å². The van der Waals surface area contributed by atoms with Crippen LogP contribution in [0.25, 0.3) is 0 Å². The van der Waals surface area contributed by atoms with E-state index < -0.39 is 6.10 Å². The van der Waals surface area contributed by atoms with Crippen LogP contribution in [0.2, 0.25) is 0 Å². The van der Waals surface area contributed by atoms with E-state index in [0.717, 1.165) is 38.5 Å². The standard InChI is InChI=1S/C22H38N2O4/c1-13(20(26)23-11-12-28-4)16-7-9-22(3)10-8-17(14(2)18(22)19(16)25)24-21(27)15-5-6-15/h13-19,25H,5-12H2,1-4H3,(H,23,26)(H,24,27). The van der Waals surface area contributed by atoms with Gasteiger partial charge in [0.05, 0.1) is 12.7 Å². The van der Waals surface area contributed by atoms with Crippen LogP contribution in [0.3, 0.4) is 0 Å². The van der Waals surface area contributed by atoms with E-state index in [-0.39, 0.29) is 52.9 Å². The molecule has 0 radical (unpaired) electrons. The Balaban J connectivity index is 1.67. The molecule has 0 heterocycles. The number of methoxy groups -OCH3 is 1. The van der Waals surface area contributed by atoms with E-state index >= 15 is 0 Å². The smallest absolute Gasteiger partial charge is 0.223 e. The number of fused-ring (bicyclic) bond motifs is 1. The van der Waals surface area contributed by atoms with Crippen molar-refractivity contribution in [3.05, 3.63) is 0 Å². The molecule has 3 saturated carbocycles. The Morgan fingerprint density at radius 1 is 1.21 bits per heavy atom. The molecule has 0 aliphatic heterocycles. The van der Waals surface area contributed by atoms with Crippen LogP contribution in [-0.4, -0.2) is 49.3 Å². The molecule has 0 aromatic heterocycles. The van der Waals surface area contributed by atoms with Crippen molar-refractivity contribution in [2.45, 2.75) is 71.4 Å². The van der Waals surface area contributed by atoms with Crippen LogP contribution in [0.1, 0.15) is 59.3 Å². The molecule has 160 valence electrons. The summed E-state index contributed by atoms with van der Waals surface area (Å²) in [6.07, 6.45) is 5.41. The van der Waals surface area contributed by atoms with Gasteiger partial charge in [-0.15, -0.1) is 0 Å². The molecule has 0 spiro atoms. The summed E-state index contributed by atoms with van der Waals surface area (Å²) in [7, 11) is 1.62. The number of nitrogens with one attached hydrogen (secondary N) is 2. The maximum atomic E-state index is 12.5. The van der Waals surface area contributed by atoms with Gasteiger partial charge < -0.3 is 20.5 Å². The molecule has 6 heteroatoms. The summed E-state index contributed by atoms with van der Waals surface area (Å²) in [4.78, 5) is 24.8. The lowest BCUT2D eigenvalue weighted by Crippen LogP contribution is -2.58. The van der Waals surface area contributed by atoms with Gasteiger partial charge in [0, 0.05) is 31.5 Å². The Morgan fingerprint density at radius 2 is 1.89 bits per heavy atom. The summed E-state index contributed by atoms with van der Waals surface area (Å²) in [5.41, 5.74) is 0.0857. The molecule has 0 saturated heterocycles. The Kier molecular flexibility index (Phi) is 6.70. The molecule has 3 fully saturated rings. The lowest BCUT2D eigenvalue weighted by molar-refractivity contribution is -0.144. The lowest BCUT2D eigenvalue weighted by Gasteiger charge is -2.56. The van der Waals surface area contributed by atoms with Crippen molar-refractivity contribution in [2.24, 2.45) is 35.0 Å². The second-order valence-corrected chi connectivity index (χ2v) is 9.73. The molecule has 0 aromatic rings. The summed E-state index contributed by atoms with van der Waals surface area (Å²) in [5.74, 6) is 0.438. The monoisotopic (exact) mass is 394 g/mol. The minimum absolute atomic E-state index is 0.00764. The van der Waals surface area contributed by atoms with Gasteiger partial charge in [-0.3, -0.25) is 9.59 Å². The highest BCUT2D eigenvalue weighted by Crippen LogP contribution is 2.55. The zero-order valence-electron chi connectivity index (χ0n) is 17.9. The van der Waals surface area contributed by atoms with Crippen molar-refractivity contribution in [3.8, 4) is 0 Å². The second-order valence-electron chi connectivity index (χ2n) is 9.73. The van der Waals surface area contributed by atoms with Gasteiger partial charge in [-0.1, -0.05) is 20.8 Å². The van der Waals surface area contributed by atoms with Gasteiger partial charge in [0.2, 0.25) is 11.8 Å². The molecule has 3 aliphatic rings. The average molecular weight is 395 g/mol. The molecule has 2 amide bonds. The second kappa shape index (κ2) is 8.70. The number of hydrogen-bond donors (Lipinski definition) is 3. The van der Waals surface area contributed by atoms with Crippen LogP contribution in [-0.2, 0) is 14.3 Å². The first kappa shape index (κ1) is 21.6. The summed E-state index contributed by atoms with van der Waals surface area (Å²) < 4.78 is 5.00. The highest BCUT2D eigenvalue weighted by molar-refractivity contribution is 5.81. The van der Waals surface area contributed by atoms with Crippen molar-refractivity contribution >= 4 is 11.8 Å². The average Bonchev–Trinajstić information content (AvgIpc) is 3.49. The van der Waals surface area contributed by atoms with E-state index in [0.29, 0.717) is 13.2 Å². The van der Waals surface area contributed by atoms with E-state index in [2.05, 4.69) is 24.5 Å². The Hall–Kier alpha value is -1.14. The summed E-state index contributed by atoms with van der Waals surface area (Å²) >= 11 is 0. The Morgan fingerprint density at radius 3 is 2.54 bits per heavy atom. The van der Waals surface area contributed by atoms with Crippen LogP contribution in [0.15, 0.2) is 0 Å². The van der Waals surface area contributed by atoms with Crippen LogP contribution in [0.4, 0.5) is 0 Å². The highest BCUT2D eigenvalue weighted by Gasteiger charge is 2.54. The Labute approximate surface area is 169 Å². The lowest BCUT2D eigenvalue weighted by atomic mass is 9.51. The first-order chi connectivity index (χ1) is 13.3. The highest BCUT2D eigenvalue weighted by atomic mass is 16.5. The van der Waals surface area contributed by atoms with E-state index in [1.807, 2.05) is 6.92 Å². The maximum Gasteiger partial charge on any atom is 0.223 e. The van der Waals surface area contributed by atoms with Gasteiger partial charge >= 0.3 is 0 Å². The van der Waals surface area contributed by atoms with Gasteiger partial charge in [-0.25, -0.2) is 0 Å². The number of rotatable bonds is 7. The number of hydrogen-bond acceptors (Lipinski definition) is 4. The van der Waals surface area contributed by atoms with Crippen molar-refractivity contribution in [1.29, 1.82) is 0 Å². The van der Waals surface area contributed by atoms with Crippen LogP contribution in [0, 0.1) is 35.0 Å². The van der Waals surface area contributed by atoms with Gasteiger partial charge in [0.1, 0.15) is 0 Å². The minimum atomic E-state index is -0.516. The fourth-order valence-corrected chi connectivity index (χ4v) is 5.78. The molecule has 0 aromatic carbocycles. The molecule has 0 bridgehead atoms. The predicted octanol–water partition coefficient (Wildman–Crippen LogP) is 2.10. The van der Waals surface area contributed by atoms with Crippen molar-refractivity contribution in [3.63, 3.8) is 0 Å². The van der Waals surface area contributed by atoms with Crippen molar-refractivity contribution in [2.75, 3.05) is 20.3 Å². The molecule has 3 N–H and O–H groups in total. The fourth-order valence-electron chi connectivity index (χ4n) is 5.78. The zero-order valence-corrected chi connectivity index (χ0v) is 17.9. The molecule has 6 nitrogen and oxygen atoms in total. The molecular formula is C22H38N2O4.